The zero-order valence-electron chi connectivity index (χ0n) is 8.48. The Morgan fingerprint density at radius 2 is 2.44 bits per heavy atom. The van der Waals surface area contributed by atoms with E-state index in [1.54, 1.807) is 0 Å². The van der Waals surface area contributed by atoms with Crippen LogP contribution in [0, 0.1) is 6.92 Å². The van der Waals surface area contributed by atoms with Gasteiger partial charge in [0.1, 0.15) is 10.4 Å². The Balaban J connectivity index is 2.33. The Kier molecular flexibility index (Phi) is 1.94. The van der Waals surface area contributed by atoms with Crippen molar-refractivity contribution in [1.82, 2.24) is 10.1 Å². The predicted octanol–water partition coefficient (Wildman–Crippen LogP) is 3.01. The molecule has 0 saturated heterocycles. The molecule has 3 rings (SSSR count). The first-order valence-corrected chi connectivity index (χ1v) is 5.60. The average molecular weight is 232 g/mol. The normalized spacial score (nSPS) is 11.1. The lowest BCUT2D eigenvalue weighted by Gasteiger charge is -1.86. The largest absolute Gasteiger partial charge is 0.367 e. The summed E-state index contributed by atoms with van der Waals surface area (Å²) in [6, 6.07) is 1.92. The van der Waals surface area contributed by atoms with Gasteiger partial charge in [-0.1, -0.05) is 5.16 Å². The van der Waals surface area contributed by atoms with Crippen LogP contribution in [0.25, 0.3) is 21.5 Å². The number of thiophene rings is 1. The number of carbonyl (C=O) groups is 1. The minimum atomic E-state index is 0.591. The smallest absolute Gasteiger partial charge is 0.189 e. The number of aryl methyl sites for hydroxylation is 1. The molecule has 0 bridgehead atoms. The Hall–Kier alpha value is -1.88. The summed E-state index contributed by atoms with van der Waals surface area (Å²) in [5, 5.41) is 4.00. The van der Waals surface area contributed by atoms with Crippen LogP contribution in [0.2, 0.25) is 0 Å². The number of aromatic nitrogens is 2. The highest BCUT2D eigenvalue weighted by atomic mass is 32.1. The standard InChI is InChI=1S/C11H8N2O2S/c1-6-8(5-14)10-11(16-6)9(13-15-10)7-2-3-12-4-7/h2-5,12H,1H3. The molecular weight excluding hydrogens is 224 g/mol. The third kappa shape index (κ3) is 1.15. The molecule has 0 atom stereocenters. The molecule has 0 spiro atoms. The lowest BCUT2D eigenvalue weighted by Crippen LogP contribution is -1.76. The fraction of sp³-hybridized carbons (Fsp3) is 0.0909. The molecule has 0 aliphatic carbocycles. The van der Waals surface area contributed by atoms with E-state index in [-0.39, 0.29) is 0 Å². The van der Waals surface area contributed by atoms with Crippen LogP contribution in [0.5, 0.6) is 0 Å². The van der Waals surface area contributed by atoms with Crippen molar-refractivity contribution in [2.45, 2.75) is 6.92 Å². The molecule has 0 saturated carbocycles. The van der Waals surface area contributed by atoms with Gasteiger partial charge in [0, 0.05) is 22.8 Å². The number of H-pyrrole nitrogens is 1. The number of hydrogen-bond acceptors (Lipinski definition) is 4. The zero-order valence-corrected chi connectivity index (χ0v) is 9.30. The average Bonchev–Trinajstić information content (AvgIpc) is 2.92. The molecule has 1 N–H and O–H groups in total. The molecule has 0 fully saturated rings. The van der Waals surface area contributed by atoms with E-state index in [0.717, 1.165) is 27.1 Å². The third-order valence-corrected chi connectivity index (χ3v) is 3.63. The molecule has 0 aliphatic rings. The predicted molar refractivity (Wildman–Crippen MR) is 61.8 cm³/mol. The number of rotatable bonds is 2. The van der Waals surface area contributed by atoms with E-state index in [4.69, 9.17) is 4.52 Å². The van der Waals surface area contributed by atoms with E-state index in [9.17, 15) is 4.79 Å². The molecule has 0 unspecified atom stereocenters. The number of aromatic amines is 1. The van der Waals surface area contributed by atoms with Crippen LogP contribution >= 0.6 is 11.3 Å². The van der Waals surface area contributed by atoms with Crippen LogP contribution in [-0.2, 0) is 0 Å². The maximum Gasteiger partial charge on any atom is 0.189 e. The Morgan fingerprint density at radius 3 is 3.12 bits per heavy atom. The van der Waals surface area contributed by atoms with Crippen molar-refractivity contribution in [3.63, 3.8) is 0 Å². The van der Waals surface area contributed by atoms with Crippen LogP contribution in [0.4, 0.5) is 0 Å². The van der Waals surface area contributed by atoms with Gasteiger partial charge in [0.2, 0.25) is 0 Å². The van der Waals surface area contributed by atoms with Crippen molar-refractivity contribution in [2.24, 2.45) is 0 Å². The second-order valence-electron chi connectivity index (χ2n) is 3.48. The van der Waals surface area contributed by atoms with E-state index in [1.807, 2.05) is 25.4 Å². The lowest BCUT2D eigenvalue weighted by atomic mass is 10.2. The van der Waals surface area contributed by atoms with Gasteiger partial charge in [-0.25, -0.2) is 0 Å². The van der Waals surface area contributed by atoms with Gasteiger partial charge in [0.05, 0.1) is 5.56 Å². The molecule has 3 aromatic rings. The second kappa shape index (κ2) is 3.31. The van der Waals surface area contributed by atoms with Gasteiger partial charge in [-0.3, -0.25) is 4.79 Å². The lowest BCUT2D eigenvalue weighted by molar-refractivity contribution is 0.112. The minimum Gasteiger partial charge on any atom is -0.367 e. The Bertz CT molecular complexity index is 649. The van der Waals surface area contributed by atoms with E-state index in [2.05, 4.69) is 10.1 Å². The first-order valence-electron chi connectivity index (χ1n) is 4.78. The fourth-order valence-corrected chi connectivity index (χ4v) is 2.76. The molecule has 5 heteroatoms. The summed E-state index contributed by atoms with van der Waals surface area (Å²) in [5.41, 5.74) is 2.96. The van der Waals surface area contributed by atoms with E-state index in [0.29, 0.717) is 11.1 Å². The molecule has 4 nitrogen and oxygen atoms in total. The number of carbonyl (C=O) groups excluding carboxylic acids is 1. The second-order valence-corrected chi connectivity index (χ2v) is 4.70. The van der Waals surface area contributed by atoms with Gasteiger partial charge in [-0.15, -0.1) is 11.3 Å². The van der Waals surface area contributed by atoms with Gasteiger partial charge in [-0.2, -0.15) is 0 Å². The van der Waals surface area contributed by atoms with Gasteiger partial charge in [0.25, 0.3) is 0 Å². The number of nitrogens with zero attached hydrogens (tertiary/aromatic N) is 1. The summed E-state index contributed by atoms with van der Waals surface area (Å²) >= 11 is 1.53. The van der Waals surface area contributed by atoms with Crippen molar-refractivity contribution in [1.29, 1.82) is 0 Å². The third-order valence-electron chi connectivity index (χ3n) is 2.52. The molecule has 16 heavy (non-hydrogen) atoms. The van der Waals surface area contributed by atoms with Crippen molar-refractivity contribution in [3.8, 4) is 11.3 Å². The van der Waals surface area contributed by atoms with Gasteiger partial charge < -0.3 is 9.51 Å². The Labute approximate surface area is 94.9 Å². The number of aldehydes is 1. The number of fused-ring (bicyclic) bond motifs is 1. The number of nitrogens with one attached hydrogen (secondary N) is 1. The van der Waals surface area contributed by atoms with Crippen molar-refractivity contribution in [2.75, 3.05) is 0 Å². The van der Waals surface area contributed by atoms with Gasteiger partial charge >= 0.3 is 0 Å². The summed E-state index contributed by atoms with van der Waals surface area (Å²) < 4.78 is 6.16. The monoisotopic (exact) mass is 232 g/mol. The summed E-state index contributed by atoms with van der Waals surface area (Å²) in [5.74, 6) is 0. The fourth-order valence-electron chi connectivity index (χ4n) is 1.71. The summed E-state index contributed by atoms with van der Waals surface area (Å²) in [7, 11) is 0. The van der Waals surface area contributed by atoms with Crippen molar-refractivity contribution in [3.05, 3.63) is 28.9 Å². The van der Waals surface area contributed by atoms with Gasteiger partial charge in [0.15, 0.2) is 11.9 Å². The van der Waals surface area contributed by atoms with Crippen LogP contribution in [0.1, 0.15) is 15.2 Å². The first kappa shape index (κ1) is 9.35. The van der Waals surface area contributed by atoms with Crippen molar-refractivity contribution < 1.29 is 9.32 Å². The summed E-state index contributed by atoms with van der Waals surface area (Å²) in [4.78, 5) is 14.8. The van der Waals surface area contributed by atoms with Crippen LogP contribution in [0.3, 0.4) is 0 Å². The van der Waals surface area contributed by atoms with Crippen LogP contribution in [-0.4, -0.2) is 16.4 Å². The SMILES string of the molecule is Cc1sc2c(-c3cc[nH]c3)noc2c1C=O. The van der Waals surface area contributed by atoms with E-state index in [1.165, 1.54) is 11.3 Å². The van der Waals surface area contributed by atoms with Crippen molar-refractivity contribution >= 4 is 27.9 Å². The molecule has 80 valence electrons. The maximum atomic E-state index is 10.9. The summed E-state index contributed by atoms with van der Waals surface area (Å²) in [6.07, 6.45) is 4.50. The van der Waals surface area contributed by atoms with Crippen LogP contribution in [0.15, 0.2) is 23.0 Å². The molecule has 0 amide bonds. The Morgan fingerprint density at radius 1 is 1.56 bits per heavy atom. The first-order chi connectivity index (χ1) is 7.81. The van der Waals surface area contributed by atoms with E-state index >= 15 is 0 Å². The highest BCUT2D eigenvalue weighted by molar-refractivity contribution is 7.19. The zero-order chi connectivity index (χ0) is 11.1. The highest BCUT2D eigenvalue weighted by Crippen LogP contribution is 2.36. The topological polar surface area (TPSA) is 58.9 Å². The molecule has 0 aromatic carbocycles. The molecule has 3 heterocycles. The summed E-state index contributed by atoms with van der Waals surface area (Å²) in [6.45, 7) is 1.91. The molecule has 0 aliphatic heterocycles. The quantitative estimate of drug-likeness (QED) is 0.691. The highest BCUT2D eigenvalue weighted by Gasteiger charge is 2.18. The minimum absolute atomic E-state index is 0.591. The maximum absolute atomic E-state index is 10.9. The molecule has 0 radical (unpaired) electrons. The van der Waals surface area contributed by atoms with Gasteiger partial charge in [-0.05, 0) is 13.0 Å². The van der Waals surface area contributed by atoms with E-state index < -0.39 is 0 Å². The number of hydrogen-bond donors (Lipinski definition) is 1. The molecular formula is C11H8N2O2S. The molecule has 3 aromatic heterocycles. The van der Waals surface area contributed by atoms with Crippen LogP contribution < -0.4 is 0 Å².